The van der Waals surface area contributed by atoms with Crippen molar-refractivity contribution in [3.8, 4) is 0 Å². The summed E-state index contributed by atoms with van der Waals surface area (Å²) in [5.41, 5.74) is 0. The zero-order chi connectivity index (χ0) is 68.3. The van der Waals surface area contributed by atoms with Gasteiger partial charge in [-0.05, 0) is 64.2 Å². The summed E-state index contributed by atoms with van der Waals surface area (Å²) in [7, 11) is 1.49. The van der Waals surface area contributed by atoms with Gasteiger partial charge in [0.2, 0.25) is 0 Å². The van der Waals surface area contributed by atoms with Crippen LogP contribution in [-0.4, -0.2) is 74.9 Å². The second-order valence-corrected chi connectivity index (χ2v) is 30.2. The highest BCUT2D eigenvalue weighted by Gasteiger charge is 2.27. The molecule has 0 spiro atoms. The van der Waals surface area contributed by atoms with Gasteiger partial charge < -0.3 is 18.9 Å². The average molecular weight is 1340 g/mol. The molecule has 0 bridgehead atoms. The molecule has 0 fully saturated rings. The minimum Gasteiger partial charge on any atom is -0.462 e. The molecule has 94 heavy (non-hydrogen) atoms. The van der Waals surface area contributed by atoms with Crippen molar-refractivity contribution in [2.75, 3.05) is 47.5 Å². The van der Waals surface area contributed by atoms with Gasteiger partial charge in [-0.1, -0.05) is 395 Å². The number of esters is 2. The van der Waals surface area contributed by atoms with Crippen LogP contribution in [0.1, 0.15) is 399 Å². The molecule has 0 saturated carbocycles. The number of hydrogen-bond donors (Lipinski definition) is 1. The fourth-order valence-corrected chi connectivity index (χ4v) is 12.8. The maximum atomic E-state index is 12.9. The third kappa shape index (κ3) is 78.4. The van der Waals surface area contributed by atoms with Gasteiger partial charge in [0.1, 0.15) is 19.8 Å². The molecule has 0 aromatic carbocycles. The first-order valence-corrected chi connectivity index (χ1v) is 42.2. The van der Waals surface area contributed by atoms with Crippen molar-refractivity contribution in [3.63, 3.8) is 0 Å². The molecule has 0 aliphatic rings. The predicted octanol–water partition coefficient (Wildman–Crippen LogP) is 27.1. The summed E-state index contributed by atoms with van der Waals surface area (Å²) in [5, 5.41) is 0. The van der Waals surface area contributed by atoms with E-state index >= 15 is 0 Å². The lowest BCUT2D eigenvalue weighted by Crippen LogP contribution is -2.37. The normalized spacial score (nSPS) is 13.4. The van der Waals surface area contributed by atoms with Gasteiger partial charge in [0.25, 0.3) is 0 Å². The van der Waals surface area contributed by atoms with E-state index in [1.807, 2.05) is 21.1 Å². The van der Waals surface area contributed by atoms with Crippen LogP contribution < -0.4 is 0 Å². The lowest BCUT2D eigenvalue weighted by atomic mass is 10.0. The number of carbonyl (C=O) groups excluding carboxylic acids is 2. The molecule has 0 amide bonds. The molecule has 0 aliphatic heterocycles. The molecule has 0 aliphatic carbocycles. The van der Waals surface area contributed by atoms with Crippen LogP contribution in [0, 0.1) is 0 Å². The molecule has 0 heterocycles. The van der Waals surface area contributed by atoms with Crippen LogP contribution in [0.15, 0.2) is 72.9 Å². The van der Waals surface area contributed by atoms with E-state index in [1.54, 1.807) is 0 Å². The van der Waals surface area contributed by atoms with Crippen molar-refractivity contribution >= 4 is 19.8 Å². The Morgan fingerprint density at radius 1 is 0.340 bits per heavy atom. The van der Waals surface area contributed by atoms with Gasteiger partial charge in [0.15, 0.2) is 6.10 Å². The Hall–Kier alpha value is -2.55. The number of allylic oxidation sites excluding steroid dienone is 12. The van der Waals surface area contributed by atoms with Crippen molar-refractivity contribution < 1.29 is 42.1 Å². The van der Waals surface area contributed by atoms with Gasteiger partial charge in [0.05, 0.1) is 27.7 Å². The molecule has 0 rings (SSSR count). The summed E-state index contributed by atoms with van der Waals surface area (Å²) in [5.74, 6) is -0.780. The van der Waals surface area contributed by atoms with Gasteiger partial charge in [-0.3, -0.25) is 18.6 Å². The highest BCUT2D eigenvalue weighted by Crippen LogP contribution is 2.43. The van der Waals surface area contributed by atoms with Crippen LogP contribution in [0.2, 0.25) is 0 Å². The largest absolute Gasteiger partial charge is 0.472 e. The van der Waals surface area contributed by atoms with E-state index < -0.39 is 26.5 Å². The molecule has 9 nitrogen and oxygen atoms in total. The van der Waals surface area contributed by atoms with Gasteiger partial charge in [-0.2, -0.15) is 0 Å². The van der Waals surface area contributed by atoms with E-state index in [9.17, 15) is 19.0 Å². The zero-order valence-corrected chi connectivity index (χ0v) is 63.9. The Kier molecular flexibility index (Phi) is 72.6. The summed E-state index contributed by atoms with van der Waals surface area (Å²) in [4.78, 5) is 36.0. The number of quaternary nitrogens is 1. The topological polar surface area (TPSA) is 108 Å². The molecule has 0 radical (unpaired) electrons. The van der Waals surface area contributed by atoms with E-state index in [4.69, 9.17) is 18.5 Å². The Morgan fingerprint density at radius 3 is 0.904 bits per heavy atom. The first-order valence-electron chi connectivity index (χ1n) is 40.7. The first kappa shape index (κ1) is 91.4. The molecule has 0 aromatic rings. The second kappa shape index (κ2) is 74.7. The number of hydrogen-bond acceptors (Lipinski definition) is 7. The summed E-state index contributed by atoms with van der Waals surface area (Å²) >= 11 is 0. The number of unbranched alkanes of at least 4 members (excludes halogenated alkanes) is 50. The molecule has 1 N–H and O–H groups in total. The Labute approximate surface area is 584 Å². The molecule has 0 saturated heterocycles. The summed E-state index contributed by atoms with van der Waals surface area (Å²) in [6.45, 7) is 4.39. The van der Waals surface area contributed by atoms with E-state index in [0.29, 0.717) is 23.9 Å². The van der Waals surface area contributed by atoms with Crippen LogP contribution in [0.5, 0.6) is 0 Å². The number of ether oxygens (including phenoxy) is 2. The van der Waals surface area contributed by atoms with Crippen molar-refractivity contribution in [2.24, 2.45) is 0 Å². The van der Waals surface area contributed by atoms with Crippen LogP contribution in [0.25, 0.3) is 0 Å². The summed E-state index contributed by atoms with van der Waals surface area (Å²) < 4.78 is 34.8. The SMILES string of the molecule is CC/C=C\C/C=C\C/C=C\C/C=C\C/C=C\C/C=C\CCCCCCCCCCCCCCCCC(=O)OC(COC(=O)CCCCCCCCCCCCCCCCCCCCCCCCCCCCCCCCCCCCCCC)COP(=O)(O)OCC[N+](C)(C)C. The lowest BCUT2D eigenvalue weighted by Gasteiger charge is -2.24. The summed E-state index contributed by atoms with van der Waals surface area (Å²) in [6.07, 6.45) is 102. The number of nitrogens with zero attached hydrogens (tertiary/aromatic N) is 1. The number of phosphoric ester groups is 1. The highest BCUT2D eigenvalue weighted by molar-refractivity contribution is 7.47. The smallest absolute Gasteiger partial charge is 0.462 e. The molecule has 10 heteroatoms. The van der Waals surface area contributed by atoms with E-state index in [1.165, 1.54) is 289 Å². The van der Waals surface area contributed by atoms with Crippen LogP contribution >= 0.6 is 7.82 Å². The van der Waals surface area contributed by atoms with Gasteiger partial charge >= 0.3 is 19.8 Å². The minimum atomic E-state index is -4.40. The van der Waals surface area contributed by atoms with E-state index in [0.717, 1.165) is 77.0 Å². The maximum absolute atomic E-state index is 12.9. The number of phosphoric acid groups is 1. The van der Waals surface area contributed by atoms with Crippen LogP contribution in [0.3, 0.4) is 0 Å². The molecule has 2 atom stereocenters. The Bertz CT molecular complexity index is 1820. The molecule has 0 aromatic heterocycles. The van der Waals surface area contributed by atoms with Crippen LogP contribution in [0.4, 0.5) is 0 Å². The Morgan fingerprint density at radius 2 is 0.606 bits per heavy atom. The standard InChI is InChI=1S/C84H156NO8P/c1-6-8-10-12-14-16-18-20-22-24-26-28-30-32-34-36-38-40-41-42-43-45-46-48-50-52-54-56-58-60-62-64-66-68-70-72-74-76-83(86)90-80-82(81-92-94(88,89)91-79-78-85(3,4)5)93-84(87)77-75-73-71-69-67-65-63-61-59-57-55-53-51-49-47-44-39-37-35-33-31-29-27-25-23-21-19-17-15-13-11-9-7-2/h9,11,15,17,21,23,27,29,33,35,39,44,82H,6-8,10,12-14,16,18-20,22,24-26,28,30-32,34,36-38,40-43,45-81H2,1-5H3/p+1/b11-9-,17-15-,23-21-,29-27-,35-33-,44-39-. The summed E-state index contributed by atoms with van der Waals surface area (Å²) in [6, 6.07) is 0. The minimum absolute atomic E-state index is 0.0320. The number of rotatable bonds is 76. The number of carbonyl (C=O) groups is 2. The first-order chi connectivity index (χ1) is 46.0. The Balaban J connectivity index is 3.92. The van der Waals surface area contributed by atoms with Gasteiger partial charge in [-0.25, -0.2) is 4.57 Å². The van der Waals surface area contributed by atoms with Crippen molar-refractivity contribution in [1.29, 1.82) is 0 Å². The quantitative estimate of drug-likeness (QED) is 0.0211. The average Bonchev–Trinajstić information content (AvgIpc) is 1.56. The fraction of sp³-hybridized carbons (Fsp3) is 0.833. The van der Waals surface area contributed by atoms with Crippen molar-refractivity contribution in [3.05, 3.63) is 72.9 Å². The van der Waals surface area contributed by atoms with Gasteiger partial charge in [-0.15, -0.1) is 0 Å². The monoisotopic (exact) mass is 1340 g/mol. The van der Waals surface area contributed by atoms with Crippen molar-refractivity contribution in [1.82, 2.24) is 0 Å². The fourth-order valence-electron chi connectivity index (χ4n) is 12.1. The predicted molar refractivity (Wildman–Crippen MR) is 409 cm³/mol. The molecule has 550 valence electrons. The molecular weight excluding hydrogens is 1180 g/mol. The molecular formula is C84H157NO8P+. The third-order valence-electron chi connectivity index (χ3n) is 18.3. The zero-order valence-electron chi connectivity index (χ0n) is 63.0. The van der Waals surface area contributed by atoms with E-state index in [2.05, 4.69) is 86.8 Å². The number of likely N-dealkylation sites (N-methyl/N-ethyl adjacent to an activating group) is 1. The van der Waals surface area contributed by atoms with Crippen molar-refractivity contribution in [2.45, 2.75) is 405 Å². The van der Waals surface area contributed by atoms with E-state index in [-0.39, 0.29) is 25.6 Å². The second-order valence-electron chi connectivity index (χ2n) is 28.8. The highest BCUT2D eigenvalue weighted by atomic mass is 31.2. The lowest BCUT2D eigenvalue weighted by molar-refractivity contribution is -0.870. The maximum Gasteiger partial charge on any atom is 0.472 e. The third-order valence-corrected chi connectivity index (χ3v) is 19.2. The van der Waals surface area contributed by atoms with Crippen LogP contribution in [-0.2, 0) is 32.7 Å². The van der Waals surface area contributed by atoms with Gasteiger partial charge in [0, 0.05) is 12.8 Å². The molecule has 2 unspecified atom stereocenters.